The van der Waals surface area contributed by atoms with Gasteiger partial charge in [-0.3, -0.25) is 9.59 Å². The van der Waals surface area contributed by atoms with Gasteiger partial charge in [0.2, 0.25) is 0 Å². The highest BCUT2D eigenvalue weighted by Gasteiger charge is 2.23. The molecule has 0 saturated heterocycles. The van der Waals surface area contributed by atoms with Crippen LogP contribution in [0.4, 0.5) is 5.69 Å². The minimum absolute atomic E-state index is 0.00534. The van der Waals surface area contributed by atoms with E-state index in [2.05, 4.69) is 10.6 Å². The number of benzene rings is 1. The molecule has 0 fully saturated rings. The lowest BCUT2D eigenvalue weighted by Gasteiger charge is -2.17. The molecule has 1 aromatic carbocycles. The first-order valence-corrected chi connectivity index (χ1v) is 8.35. The molecule has 0 aliphatic rings. The van der Waals surface area contributed by atoms with Gasteiger partial charge in [-0.25, -0.2) is 4.79 Å². The Balaban J connectivity index is 2.72. The third-order valence-electron chi connectivity index (χ3n) is 3.34. The van der Waals surface area contributed by atoms with E-state index in [1.807, 2.05) is 6.07 Å². The normalized spacial score (nSPS) is 11.0. The minimum atomic E-state index is -0.941. The number of nitriles is 1. The lowest BCUT2D eigenvalue weighted by atomic mass is 10.1. The fraction of sp³-hybridized carbons (Fsp3) is 0.444. The fourth-order valence-electron chi connectivity index (χ4n) is 2.11. The Labute approximate surface area is 152 Å². The summed E-state index contributed by atoms with van der Waals surface area (Å²) < 4.78 is 9.78. The van der Waals surface area contributed by atoms with Crippen LogP contribution in [0.15, 0.2) is 24.3 Å². The Morgan fingerprint density at radius 2 is 1.77 bits per heavy atom. The smallest absolute Gasteiger partial charge is 0.328 e. The summed E-state index contributed by atoms with van der Waals surface area (Å²) in [7, 11) is 0. The van der Waals surface area contributed by atoms with E-state index in [9.17, 15) is 14.4 Å². The molecule has 0 aliphatic heterocycles. The van der Waals surface area contributed by atoms with E-state index in [1.54, 1.807) is 38.1 Å². The number of hydrogen-bond donors (Lipinski definition) is 2. The van der Waals surface area contributed by atoms with Gasteiger partial charge in [0.25, 0.3) is 5.91 Å². The van der Waals surface area contributed by atoms with E-state index in [0.717, 1.165) is 0 Å². The number of ether oxygens (including phenoxy) is 2. The number of carbonyl (C=O) groups excluding carboxylic acids is 3. The highest BCUT2D eigenvalue weighted by atomic mass is 16.5. The second kappa shape index (κ2) is 11.5. The van der Waals surface area contributed by atoms with Crippen LogP contribution >= 0.6 is 0 Å². The molecule has 0 radical (unpaired) electrons. The van der Waals surface area contributed by atoms with E-state index < -0.39 is 23.9 Å². The Morgan fingerprint density at radius 1 is 1.12 bits per heavy atom. The average Bonchev–Trinajstić information content (AvgIpc) is 2.64. The first-order chi connectivity index (χ1) is 12.5. The zero-order valence-electron chi connectivity index (χ0n) is 14.9. The Bertz CT molecular complexity index is 652. The van der Waals surface area contributed by atoms with E-state index in [1.165, 1.54) is 0 Å². The first-order valence-electron chi connectivity index (χ1n) is 8.35. The number of esters is 2. The number of amides is 1. The lowest BCUT2D eigenvalue weighted by molar-refractivity contribution is -0.146. The number of nitrogens with zero attached hydrogens (tertiary/aromatic N) is 1. The molecule has 1 amide bonds. The van der Waals surface area contributed by atoms with E-state index >= 15 is 0 Å². The minimum Gasteiger partial charge on any atom is -0.466 e. The van der Waals surface area contributed by atoms with Gasteiger partial charge >= 0.3 is 11.9 Å². The van der Waals surface area contributed by atoms with Crippen molar-refractivity contribution in [3.05, 3.63) is 29.8 Å². The van der Waals surface area contributed by atoms with Gasteiger partial charge < -0.3 is 20.1 Å². The third-order valence-corrected chi connectivity index (χ3v) is 3.34. The van der Waals surface area contributed by atoms with Crippen LogP contribution in [0.1, 0.15) is 37.0 Å². The van der Waals surface area contributed by atoms with E-state index in [0.29, 0.717) is 11.3 Å². The maximum atomic E-state index is 12.4. The zero-order valence-corrected chi connectivity index (χ0v) is 14.9. The van der Waals surface area contributed by atoms with Crippen molar-refractivity contribution in [2.75, 3.05) is 25.1 Å². The average molecular weight is 361 g/mol. The van der Waals surface area contributed by atoms with Crippen LogP contribution in [-0.4, -0.2) is 43.6 Å². The molecule has 1 atom stereocenters. The molecule has 1 rings (SSSR count). The number of nitrogens with one attached hydrogen (secondary N) is 2. The molecule has 8 heteroatoms. The van der Waals surface area contributed by atoms with Gasteiger partial charge in [0.15, 0.2) is 0 Å². The maximum absolute atomic E-state index is 12.4. The largest absolute Gasteiger partial charge is 0.466 e. The second-order valence-electron chi connectivity index (χ2n) is 5.21. The number of anilines is 1. The Morgan fingerprint density at radius 3 is 2.35 bits per heavy atom. The van der Waals surface area contributed by atoms with Crippen molar-refractivity contribution >= 4 is 23.5 Å². The molecule has 0 aromatic heterocycles. The van der Waals surface area contributed by atoms with Crippen LogP contribution in [0.5, 0.6) is 0 Å². The Kier molecular flexibility index (Phi) is 9.25. The molecule has 1 aromatic rings. The topological polar surface area (TPSA) is 118 Å². The lowest BCUT2D eigenvalue weighted by Crippen LogP contribution is -2.42. The monoisotopic (exact) mass is 361 g/mol. The van der Waals surface area contributed by atoms with Crippen molar-refractivity contribution in [1.82, 2.24) is 5.32 Å². The third kappa shape index (κ3) is 7.21. The zero-order chi connectivity index (χ0) is 19.4. The van der Waals surface area contributed by atoms with Crippen molar-refractivity contribution in [1.29, 1.82) is 5.26 Å². The molecule has 0 aliphatic carbocycles. The van der Waals surface area contributed by atoms with Gasteiger partial charge in [-0.1, -0.05) is 0 Å². The summed E-state index contributed by atoms with van der Waals surface area (Å²) in [4.78, 5) is 35.9. The summed E-state index contributed by atoms with van der Waals surface area (Å²) in [5, 5.41) is 14.0. The van der Waals surface area contributed by atoms with Crippen molar-refractivity contribution in [3.63, 3.8) is 0 Å². The summed E-state index contributed by atoms with van der Waals surface area (Å²) in [6.07, 6.45) is 0.0832. The summed E-state index contributed by atoms with van der Waals surface area (Å²) in [5.74, 6) is -1.50. The van der Waals surface area contributed by atoms with Gasteiger partial charge in [-0.2, -0.15) is 5.26 Å². The fourth-order valence-corrected chi connectivity index (χ4v) is 2.11. The summed E-state index contributed by atoms with van der Waals surface area (Å²) >= 11 is 0. The summed E-state index contributed by atoms with van der Waals surface area (Å²) in [6.45, 7) is 3.93. The van der Waals surface area contributed by atoms with Crippen LogP contribution < -0.4 is 10.6 Å². The van der Waals surface area contributed by atoms with Crippen LogP contribution in [0.2, 0.25) is 0 Å². The van der Waals surface area contributed by atoms with Gasteiger partial charge in [-0.05, 0) is 44.5 Å². The van der Waals surface area contributed by atoms with E-state index in [-0.39, 0.29) is 32.6 Å². The number of hydrogen-bond acceptors (Lipinski definition) is 7. The molecule has 0 spiro atoms. The predicted molar refractivity (Wildman–Crippen MR) is 94.3 cm³/mol. The molecule has 0 bridgehead atoms. The molecule has 8 nitrogen and oxygen atoms in total. The van der Waals surface area contributed by atoms with Crippen LogP contribution in [-0.2, 0) is 19.1 Å². The van der Waals surface area contributed by atoms with Gasteiger partial charge in [-0.15, -0.1) is 0 Å². The molecular formula is C18H23N3O5. The molecule has 0 saturated carbocycles. The molecule has 140 valence electrons. The van der Waals surface area contributed by atoms with Gasteiger partial charge in [0.1, 0.15) is 12.6 Å². The quantitative estimate of drug-likeness (QED) is 0.480. The van der Waals surface area contributed by atoms with E-state index in [4.69, 9.17) is 14.7 Å². The van der Waals surface area contributed by atoms with Crippen LogP contribution in [0.3, 0.4) is 0 Å². The second-order valence-corrected chi connectivity index (χ2v) is 5.21. The molecule has 0 heterocycles. The maximum Gasteiger partial charge on any atom is 0.328 e. The molecule has 26 heavy (non-hydrogen) atoms. The molecule has 2 N–H and O–H groups in total. The van der Waals surface area contributed by atoms with Crippen LogP contribution in [0, 0.1) is 11.3 Å². The number of carbonyl (C=O) groups is 3. The number of rotatable bonds is 10. The molecular weight excluding hydrogens is 338 g/mol. The van der Waals surface area contributed by atoms with Crippen molar-refractivity contribution in [2.24, 2.45) is 0 Å². The van der Waals surface area contributed by atoms with Crippen molar-refractivity contribution < 1.29 is 23.9 Å². The predicted octanol–water partition coefficient (Wildman–Crippen LogP) is 1.63. The SMILES string of the molecule is CCOC(=O)CC[C@H](NC(=O)c1ccc(NCC#N)cc1)C(=O)OCC. The highest BCUT2D eigenvalue weighted by molar-refractivity contribution is 5.97. The van der Waals surface area contributed by atoms with Crippen LogP contribution in [0.25, 0.3) is 0 Å². The summed E-state index contributed by atoms with van der Waals surface area (Å²) in [5.41, 5.74) is 1.05. The Hall–Kier alpha value is -3.08. The summed E-state index contributed by atoms with van der Waals surface area (Å²) in [6, 6.07) is 7.47. The standard InChI is InChI=1S/C18H23N3O5/c1-3-25-16(22)10-9-15(18(24)26-4-2)21-17(23)13-5-7-14(8-6-13)20-12-11-19/h5-8,15,20H,3-4,9-10,12H2,1-2H3,(H,21,23)/t15-/m0/s1. The highest BCUT2D eigenvalue weighted by Crippen LogP contribution is 2.10. The molecule has 0 unspecified atom stereocenters. The van der Waals surface area contributed by atoms with Gasteiger partial charge in [0, 0.05) is 17.7 Å². The van der Waals surface area contributed by atoms with Crippen molar-refractivity contribution in [3.8, 4) is 6.07 Å². The van der Waals surface area contributed by atoms with Crippen molar-refractivity contribution in [2.45, 2.75) is 32.7 Å². The first kappa shape index (κ1) is 21.0. The van der Waals surface area contributed by atoms with Gasteiger partial charge in [0.05, 0.1) is 19.3 Å².